The Labute approximate surface area is 176 Å². The van der Waals surface area contributed by atoms with Gasteiger partial charge in [0, 0.05) is 37.7 Å². The van der Waals surface area contributed by atoms with Crippen molar-refractivity contribution in [2.75, 3.05) is 0 Å². The fraction of sp³-hybridized carbons (Fsp3) is 0.150. The van der Waals surface area contributed by atoms with Gasteiger partial charge in [0.2, 0.25) is 0 Å². The minimum Gasteiger partial charge on any atom is -0.367 e. The van der Waals surface area contributed by atoms with Gasteiger partial charge in [0.15, 0.2) is 0 Å². The first kappa shape index (κ1) is 18.8. The number of ether oxygens (including phenoxy) is 1. The van der Waals surface area contributed by atoms with E-state index < -0.39 is 0 Å². The van der Waals surface area contributed by atoms with Crippen LogP contribution in [0.4, 0.5) is 0 Å². The van der Waals surface area contributed by atoms with Crippen molar-refractivity contribution in [2.24, 2.45) is 0 Å². The van der Waals surface area contributed by atoms with E-state index in [4.69, 9.17) is 39.5 Å². The average Bonchev–Trinajstić information content (AvgIpc) is 3.28. The van der Waals surface area contributed by atoms with Gasteiger partial charge in [-0.25, -0.2) is 4.98 Å². The van der Waals surface area contributed by atoms with E-state index in [1.54, 1.807) is 29.9 Å². The van der Waals surface area contributed by atoms with Crippen molar-refractivity contribution in [3.63, 3.8) is 0 Å². The predicted molar refractivity (Wildman–Crippen MR) is 113 cm³/mol. The molecular weight excluding hydrogens is 423 g/mol. The highest BCUT2D eigenvalue weighted by Gasteiger charge is 2.18. The molecule has 0 saturated carbocycles. The topological polar surface area (TPSA) is 27.1 Å². The molecule has 3 nitrogen and oxygen atoms in total. The molecule has 0 saturated heterocycles. The number of halogens is 3. The molecular formula is C20H15Cl3N2OS. The summed E-state index contributed by atoms with van der Waals surface area (Å²) >= 11 is 20.2. The number of benzene rings is 2. The summed E-state index contributed by atoms with van der Waals surface area (Å²) in [6.07, 6.45) is 5.19. The molecule has 0 N–H and O–H groups in total. The van der Waals surface area contributed by atoms with E-state index in [-0.39, 0.29) is 6.10 Å². The number of hydrogen-bond acceptors (Lipinski definition) is 3. The monoisotopic (exact) mass is 436 g/mol. The Morgan fingerprint density at radius 3 is 2.67 bits per heavy atom. The summed E-state index contributed by atoms with van der Waals surface area (Å²) in [5, 5.41) is 5.20. The molecule has 2 aromatic heterocycles. The van der Waals surface area contributed by atoms with E-state index in [1.807, 2.05) is 41.1 Å². The maximum atomic E-state index is 6.44. The van der Waals surface area contributed by atoms with E-state index in [9.17, 15) is 0 Å². The second-order valence-corrected chi connectivity index (χ2v) is 8.32. The molecule has 2 aromatic carbocycles. The molecule has 0 aliphatic rings. The maximum absolute atomic E-state index is 6.44. The molecule has 1 atom stereocenters. The lowest BCUT2D eigenvalue weighted by molar-refractivity contribution is 0.0288. The van der Waals surface area contributed by atoms with Gasteiger partial charge in [-0.1, -0.05) is 46.9 Å². The van der Waals surface area contributed by atoms with E-state index >= 15 is 0 Å². The molecule has 4 rings (SSSR count). The van der Waals surface area contributed by atoms with Crippen LogP contribution in [0.2, 0.25) is 15.1 Å². The van der Waals surface area contributed by atoms with E-state index in [2.05, 4.69) is 10.4 Å². The minimum atomic E-state index is -0.230. The Morgan fingerprint density at radius 1 is 1.07 bits per heavy atom. The fourth-order valence-corrected chi connectivity index (χ4v) is 4.70. The van der Waals surface area contributed by atoms with E-state index in [1.165, 1.54) is 0 Å². The summed E-state index contributed by atoms with van der Waals surface area (Å²) in [6.45, 7) is 1.08. The predicted octanol–water partition coefficient (Wildman–Crippen LogP) is 7.02. The molecule has 0 aliphatic carbocycles. The molecule has 0 spiro atoms. The van der Waals surface area contributed by atoms with Crippen LogP contribution < -0.4 is 0 Å². The number of imidazole rings is 1. The van der Waals surface area contributed by atoms with Crippen LogP contribution in [0.5, 0.6) is 0 Å². The van der Waals surface area contributed by atoms with Crippen LogP contribution in [0.1, 0.15) is 17.2 Å². The highest BCUT2D eigenvalue weighted by atomic mass is 35.5. The van der Waals surface area contributed by atoms with Crippen LogP contribution in [0, 0.1) is 0 Å². The van der Waals surface area contributed by atoms with Gasteiger partial charge in [-0.05, 0) is 40.6 Å². The van der Waals surface area contributed by atoms with Crippen LogP contribution in [-0.2, 0) is 17.9 Å². The molecule has 27 heavy (non-hydrogen) atoms. The highest BCUT2D eigenvalue weighted by molar-refractivity contribution is 7.17. The van der Waals surface area contributed by atoms with Gasteiger partial charge >= 0.3 is 0 Å². The lowest BCUT2D eigenvalue weighted by Gasteiger charge is -2.20. The summed E-state index contributed by atoms with van der Waals surface area (Å²) in [6, 6.07) is 11.4. The van der Waals surface area contributed by atoms with Gasteiger partial charge in [0.25, 0.3) is 0 Å². The smallest absolute Gasteiger partial charge is 0.102 e. The summed E-state index contributed by atoms with van der Waals surface area (Å²) in [5.41, 5.74) is 2.03. The van der Waals surface area contributed by atoms with Crippen molar-refractivity contribution in [2.45, 2.75) is 19.3 Å². The second kappa shape index (κ2) is 8.21. The Kier molecular flexibility index (Phi) is 5.71. The molecule has 0 aliphatic heterocycles. The van der Waals surface area contributed by atoms with Crippen LogP contribution >= 0.6 is 46.1 Å². The van der Waals surface area contributed by atoms with Crippen molar-refractivity contribution in [3.05, 3.63) is 86.7 Å². The first-order valence-corrected chi connectivity index (χ1v) is 10.3. The summed E-state index contributed by atoms with van der Waals surface area (Å²) in [7, 11) is 0. The molecule has 7 heteroatoms. The molecule has 4 aromatic rings. The highest BCUT2D eigenvalue weighted by Crippen LogP contribution is 2.33. The van der Waals surface area contributed by atoms with Crippen molar-refractivity contribution >= 4 is 56.2 Å². The number of thiophene rings is 1. The molecule has 138 valence electrons. The van der Waals surface area contributed by atoms with Gasteiger partial charge in [0.05, 0.1) is 19.5 Å². The first-order valence-electron chi connectivity index (χ1n) is 8.28. The molecule has 0 amide bonds. The van der Waals surface area contributed by atoms with Crippen LogP contribution in [0.25, 0.3) is 10.1 Å². The Hall–Kier alpha value is -1.56. The first-order chi connectivity index (χ1) is 13.1. The fourth-order valence-electron chi connectivity index (χ4n) is 2.95. The van der Waals surface area contributed by atoms with Gasteiger partial charge in [-0.15, -0.1) is 11.3 Å². The van der Waals surface area contributed by atoms with E-state index in [0.717, 1.165) is 26.2 Å². The number of rotatable bonds is 6. The zero-order valence-corrected chi connectivity index (χ0v) is 17.2. The standard InChI is InChI=1S/C20H15Cl3N2OS/c21-14-2-4-17(18(23)7-14)19(9-25-6-5-24-12-25)26-10-13-11-27-20-8-15(22)1-3-16(13)20/h1-8,11-12,19H,9-10H2. The summed E-state index contributed by atoms with van der Waals surface area (Å²) < 4.78 is 9.43. The lowest BCUT2D eigenvalue weighted by atomic mass is 10.1. The number of aromatic nitrogens is 2. The van der Waals surface area contributed by atoms with Crippen molar-refractivity contribution in [1.29, 1.82) is 0 Å². The van der Waals surface area contributed by atoms with Gasteiger partial charge < -0.3 is 9.30 Å². The number of fused-ring (bicyclic) bond motifs is 1. The quantitative estimate of drug-likeness (QED) is 0.324. The van der Waals surface area contributed by atoms with Crippen molar-refractivity contribution < 1.29 is 4.74 Å². The normalized spacial score (nSPS) is 12.6. The molecule has 2 heterocycles. The zero-order valence-electron chi connectivity index (χ0n) is 14.1. The van der Waals surface area contributed by atoms with E-state index in [0.29, 0.717) is 23.2 Å². The number of hydrogen-bond donors (Lipinski definition) is 0. The molecule has 1 unspecified atom stereocenters. The van der Waals surface area contributed by atoms with Crippen LogP contribution in [0.3, 0.4) is 0 Å². The maximum Gasteiger partial charge on any atom is 0.102 e. The Bertz CT molecular complexity index is 1060. The average molecular weight is 438 g/mol. The third kappa shape index (κ3) is 4.31. The number of nitrogens with zero attached hydrogens (tertiary/aromatic N) is 2. The Morgan fingerprint density at radius 2 is 1.89 bits per heavy atom. The minimum absolute atomic E-state index is 0.230. The van der Waals surface area contributed by atoms with Gasteiger partial charge in [-0.2, -0.15) is 0 Å². The molecule has 0 radical (unpaired) electrons. The second-order valence-electron chi connectivity index (χ2n) is 6.13. The van der Waals surface area contributed by atoms with Crippen molar-refractivity contribution in [3.8, 4) is 0 Å². The molecule has 0 bridgehead atoms. The largest absolute Gasteiger partial charge is 0.367 e. The third-order valence-electron chi connectivity index (χ3n) is 4.30. The summed E-state index contributed by atoms with van der Waals surface area (Å²) in [5.74, 6) is 0. The summed E-state index contributed by atoms with van der Waals surface area (Å²) in [4.78, 5) is 4.11. The van der Waals surface area contributed by atoms with Crippen LogP contribution in [0.15, 0.2) is 60.5 Å². The SMILES string of the molecule is Clc1ccc(C(Cn2ccnc2)OCc2csc3cc(Cl)ccc23)c(Cl)c1. The Balaban J connectivity index is 1.60. The van der Waals surface area contributed by atoms with Gasteiger partial charge in [0.1, 0.15) is 6.10 Å². The third-order valence-corrected chi connectivity index (χ3v) is 6.09. The van der Waals surface area contributed by atoms with Crippen LogP contribution in [-0.4, -0.2) is 9.55 Å². The lowest BCUT2D eigenvalue weighted by Crippen LogP contribution is -2.12. The van der Waals surface area contributed by atoms with Gasteiger partial charge in [-0.3, -0.25) is 0 Å². The zero-order chi connectivity index (χ0) is 18.8. The van der Waals surface area contributed by atoms with Crippen molar-refractivity contribution in [1.82, 2.24) is 9.55 Å². The molecule has 0 fully saturated rings.